The van der Waals surface area contributed by atoms with Crippen molar-refractivity contribution in [2.45, 2.75) is 6.92 Å². The molecule has 0 spiro atoms. The summed E-state index contributed by atoms with van der Waals surface area (Å²) in [4.78, 5) is 15.4. The highest BCUT2D eigenvalue weighted by Gasteiger charge is 2.10. The Morgan fingerprint density at radius 3 is 2.88 bits per heavy atom. The van der Waals surface area contributed by atoms with Crippen LogP contribution in [0.5, 0.6) is 0 Å². The van der Waals surface area contributed by atoms with Crippen molar-refractivity contribution in [3.8, 4) is 0 Å². The maximum atomic E-state index is 13.1. The van der Waals surface area contributed by atoms with Gasteiger partial charge in [0.1, 0.15) is 17.2 Å². The third-order valence-electron chi connectivity index (χ3n) is 2.88. The minimum Gasteiger partial charge on any atom is -0.296 e. The summed E-state index contributed by atoms with van der Waals surface area (Å²) in [7, 11) is 0. The van der Waals surface area contributed by atoms with Crippen LogP contribution in [0.15, 0.2) is 30.3 Å². The molecule has 3 nitrogen and oxygen atoms in total. The number of pyridine rings is 1. The molecule has 0 atom stereocenters. The Kier molecular flexibility index (Phi) is 1.98. The molecule has 0 saturated heterocycles. The third kappa shape index (κ3) is 1.34. The van der Waals surface area contributed by atoms with Gasteiger partial charge in [-0.1, -0.05) is 0 Å². The first-order chi connectivity index (χ1) is 8.20. The van der Waals surface area contributed by atoms with Crippen molar-refractivity contribution in [3.63, 3.8) is 0 Å². The zero-order chi connectivity index (χ0) is 12.0. The van der Waals surface area contributed by atoms with Gasteiger partial charge in [-0.25, -0.2) is 9.37 Å². The van der Waals surface area contributed by atoms with Crippen LogP contribution in [0.25, 0.3) is 16.6 Å². The van der Waals surface area contributed by atoms with Gasteiger partial charge in [0.25, 0.3) is 0 Å². The zero-order valence-electron chi connectivity index (χ0n) is 9.14. The van der Waals surface area contributed by atoms with Gasteiger partial charge >= 0.3 is 0 Å². The second kappa shape index (κ2) is 3.38. The number of carbonyl (C=O) groups excluding carboxylic acids is 1. The molecule has 3 aromatic rings. The normalized spacial score (nSPS) is 11.2. The van der Waals surface area contributed by atoms with E-state index in [9.17, 15) is 9.18 Å². The standard InChI is InChI=1S/C13H9FN2O/c1-8-12(7-17)16-11-4-3-10(14)6-9(11)2-5-13(16)15-8/h2-7H,1H3. The zero-order valence-corrected chi connectivity index (χ0v) is 9.14. The summed E-state index contributed by atoms with van der Waals surface area (Å²) < 4.78 is 14.9. The summed E-state index contributed by atoms with van der Waals surface area (Å²) >= 11 is 0. The van der Waals surface area contributed by atoms with E-state index < -0.39 is 0 Å². The summed E-state index contributed by atoms with van der Waals surface area (Å²) in [5.41, 5.74) is 2.67. The number of nitrogens with zero attached hydrogens (tertiary/aromatic N) is 2. The molecule has 0 unspecified atom stereocenters. The van der Waals surface area contributed by atoms with Crippen molar-refractivity contribution in [2.75, 3.05) is 0 Å². The molecule has 0 aliphatic carbocycles. The maximum absolute atomic E-state index is 13.1. The molecule has 0 fully saturated rings. The van der Waals surface area contributed by atoms with Gasteiger partial charge in [0, 0.05) is 5.39 Å². The number of rotatable bonds is 1. The SMILES string of the molecule is Cc1nc2ccc3cc(F)ccc3n2c1C=O. The van der Waals surface area contributed by atoms with Crippen LogP contribution in [-0.2, 0) is 0 Å². The van der Waals surface area contributed by atoms with Gasteiger partial charge in [-0.2, -0.15) is 0 Å². The quantitative estimate of drug-likeness (QED) is 0.600. The molecule has 17 heavy (non-hydrogen) atoms. The van der Waals surface area contributed by atoms with Crippen LogP contribution in [-0.4, -0.2) is 15.7 Å². The van der Waals surface area contributed by atoms with E-state index in [-0.39, 0.29) is 5.82 Å². The number of benzene rings is 1. The molecule has 4 heteroatoms. The lowest BCUT2D eigenvalue weighted by Crippen LogP contribution is -1.94. The number of aldehydes is 1. The van der Waals surface area contributed by atoms with Crippen molar-refractivity contribution in [1.82, 2.24) is 9.38 Å². The number of hydrogen-bond acceptors (Lipinski definition) is 2. The van der Waals surface area contributed by atoms with Crippen LogP contribution in [0.1, 0.15) is 16.2 Å². The molecule has 0 aliphatic heterocycles. The monoisotopic (exact) mass is 228 g/mol. The average molecular weight is 228 g/mol. The van der Waals surface area contributed by atoms with Gasteiger partial charge in [-0.05, 0) is 37.3 Å². The van der Waals surface area contributed by atoms with Crippen LogP contribution in [0.4, 0.5) is 4.39 Å². The molecular formula is C13H9FN2O. The van der Waals surface area contributed by atoms with Crippen molar-refractivity contribution in [2.24, 2.45) is 0 Å². The van der Waals surface area contributed by atoms with Crippen molar-refractivity contribution >= 4 is 22.8 Å². The van der Waals surface area contributed by atoms with Crippen molar-refractivity contribution in [3.05, 3.63) is 47.5 Å². The largest absolute Gasteiger partial charge is 0.296 e. The Hall–Kier alpha value is -2.23. The Bertz CT molecular complexity index is 746. The first-order valence-electron chi connectivity index (χ1n) is 5.23. The van der Waals surface area contributed by atoms with Crippen LogP contribution >= 0.6 is 0 Å². The molecule has 0 bridgehead atoms. The molecule has 3 rings (SSSR count). The highest BCUT2D eigenvalue weighted by atomic mass is 19.1. The highest BCUT2D eigenvalue weighted by Crippen LogP contribution is 2.20. The number of aryl methyl sites for hydroxylation is 1. The van der Waals surface area contributed by atoms with E-state index in [0.717, 1.165) is 17.2 Å². The van der Waals surface area contributed by atoms with E-state index in [1.54, 1.807) is 29.5 Å². The molecule has 84 valence electrons. The number of carbonyl (C=O) groups is 1. The molecule has 0 aliphatic rings. The number of halogens is 1. The summed E-state index contributed by atoms with van der Waals surface area (Å²) in [6, 6.07) is 8.06. The number of imidazole rings is 1. The molecule has 2 heterocycles. The molecule has 2 aromatic heterocycles. The predicted octanol–water partition coefficient (Wildman–Crippen LogP) is 2.75. The van der Waals surface area contributed by atoms with Crippen LogP contribution in [0.3, 0.4) is 0 Å². The lowest BCUT2D eigenvalue weighted by Gasteiger charge is -2.03. The van der Waals surface area contributed by atoms with Crippen molar-refractivity contribution < 1.29 is 9.18 Å². The average Bonchev–Trinajstić information content (AvgIpc) is 2.64. The van der Waals surface area contributed by atoms with E-state index in [4.69, 9.17) is 0 Å². The molecule has 0 radical (unpaired) electrons. The Morgan fingerprint density at radius 1 is 1.29 bits per heavy atom. The number of fused-ring (bicyclic) bond motifs is 3. The maximum Gasteiger partial charge on any atom is 0.168 e. The summed E-state index contributed by atoms with van der Waals surface area (Å²) in [6.07, 6.45) is 0.776. The fourth-order valence-corrected chi connectivity index (χ4v) is 2.09. The topological polar surface area (TPSA) is 34.4 Å². The molecule has 0 N–H and O–H groups in total. The fourth-order valence-electron chi connectivity index (χ4n) is 2.09. The molecule has 1 aromatic carbocycles. The van der Waals surface area contributed by atoms with Crippen LogP contribution in [0, 0.1) is 12.7 Å². The second-order valence-electron chi connectivity index (χ2n) is 3.93. The van der Waals surface area contributed by atoms with Gasteiger partial charge in [-0.3, -0.25) is 9.20 Å². The van der Waals surface area contributed by atoms with Crippen LogP contribution < -0.4 is 0 Å². The molecular weight excluding hydrogens is 219 g/mol. The van der Waals surface area contributed by atoms with Gasteiger partial charge < -0.3 is 0 Å². The fraction of sp³-hybridized carbons (Fsp3) is 0.0769. The van der Waals surface area contributed by atoms with Gasteiger partial charge in [0.05, 0.1) is 11.2 Å². The summed E-state index contributed by atoms with van der Waals surface area (Å²) in [6.45, 7) is 1.78. The van der Waals surface area contributed by atoms with Crippen LogP contribution in [0.2, 0.25) is 0 Å². The molecule has 0 saturated carbocycles. The van der Waals surface area contributed by atoms with Gasteiger partial charge in [0.2, 0.25) is 0 Å². The third-order valence-corrected chi connectivity index (χ3v) is 2.88. The Labute approximate surface area is 96.5 Å². The van der Waals surface area contributed by atoms with Gasteiger partial charge in [0.15, 0.2) is 6.29 Å². The minimum atomic E-state index is -0.290. The van der Waals surface area contributed by atoms with E-state index in [1.807, 2.05) is 0 Å². The highest BCUT2D eigenvalue weighted by molar-refractivity contribution is 5.87. The Morgan fingerprint density at radius 2 is 2.12 bits per heavy atom. The minimum absolute atomic E-state index is 0.290. The van der Waals surface area contributed by atoms with E-state index in [2.05, 4.69) is 4.98 Å². The predicted molar refractivity (Wildman–Crippen MR) is 62.8 cm³/mol. The Balaban J connectivity index is 2.57. The van der Waals surface area contributed by atoms with E-state index >= 15 is 0 Å². The molecule has 0 amide bonds. The van der Waals surface area contributed by atoms with Crippen molar-refractivity contribution in [1.29, 1.82) is 0 Å². The van der Waals surface area contributed by atoms with E-state index in [0.29, 0.717) is 17.0 Å². The van der Waals surface area contributed by atoms with E-state index in [1.165, 1.54) is 12.1 Å². The lowest BCUT2D eigenvalue weighted by atomic mass is 10.2. The summed E-state index contributed by atoms with van der Waals surface area (Å²) in [5.74, 6) is -0.290. The number of hydrogen-bond donors (Lipinski definition) is 0. The second-order valence-corrected chi connectivity index (χ2v) is 3.93. The first kappa shape index (κ1) is 9.96. The lowest BCUT2D eigenvalue weighted by molar-refractivity contribution is 0.111. The van der Waals surface area contributed by atoms with Gasteiger partial charge in [-0.15, -0.1) is 0 Å². The smallest absolute Gasteiger partial charge is 0.168 e. The first-order valence-corrected chi connectivity index (χ1v) is 5.23. The summed E-state index contributed by atoms with van der Waals surface area (Å²) in [5, 5.41) is 0.748. The number of aromatic nitrogens is 2.